The van der Waals surface area contributed by atoms with Crippen molar-refractivity contribution in [1.29, 1.82) is 0 Å². The number of ether oxygens (including phenoxy) is 1. The molecule has 1 saturated heterocycles. The zero-order valence-electron chi connectivity index (χ0n) is 12.9. The quantitative estimate of drug-likeness (QED) is 0.624. The lowest BCUT2D eigenvalue weighted by atomic mass is 10.0. The van der Waals surface area contributed by atoms with Crippen LogP contribution in [0.4, 0.5) is 4.79 Å². The van der Waals surface area contributed by atoms with Crippen molar-refractivity contribution < 1.29 is 29.4 Å². The zero-order valence-corrected chi connectivity index (χ0v) is 12.9. The van der Waals surface area contributed by atoms with Gasteiger partial charge >= 0.3 is 6.09 Å². The molecule has 8 heteroatoms. The number of hydroxylamine groups is 2. The predicted molar refractivity (Wildman–Crippen MR) is 80.3 cm³/mol. The van der Waals surface area contributed by atoms with E-state index in [1.807, 2.05) is 30.3 Å². The largest absolute Gasteiger partial charge is 0.443 e. The van der Waals surface area contributed by atoms with E-state index in [1.165, 1.54) is 7.11 Å². The van der Waals surface area contributed by atoms with Crippen molar-refractivity contribution in [3.8, 4) is 0 Å². The maximum Gasteiger partial charge on any atom is 0.434 e. The summed E-state index contributed by atoms with van der Waals surface area (Å²) in [5, 5.41) is 24.4. The number of aliphatic hydroxyl groups is 2. The fraction of sp³-hybridized carbons (Fsp3) is 0.467. The Kier molecular flexibility index (Phi) is 5.91. The summed E-state index contributed by atoms with van der Waals surface area (Å²) in [6.07, 6.45) is -3.06. The van der Waals surface area contributed by atoms with Crippen LogP contribution >= 0.6 is 0 Å². The first-order valence-corrected chi connectivity index (χ1v) is 7.14. The molecule has 0 radical (unpaired) electrons. The van der Waals surface area contributed by atoms with Gasteiger partial charge in [-0.15, -0.1) is 0 Å². The van der Waals surface area contributed by atoms with Gasteiger partial charge < -0.3 is 19.8 Å². The van der Waals surface area contributed by atoms with Crippen LogP contribution in [0.2, 0.25) is 0 Å². The van der Waals surface area contributed by atoms with Crippen molar-refractivity contribution in [3.63, 3.8) is 0 Å². The van der Waals surface area contributed by atoms with Crippen LogP contribution in [0.3, 0.4) is 0 Å². The molecule has 8 nitrogen and oxygen atoms in total. The molecule has 2 N–H and O–H groups in total. The van der Waals surface area contributed by atoms with Gasteiger partial charge in [0.15, 0.2) is 6.10 Å². The van der Waals surface area contributed by atoms with Crippen LogP contribution in [0, 0.1) is 0 Å². The van der Waals surface area contributed by atoms with Gasteiger partial charge in [0.2, 0.25) is 0 Å². The summed E-state index contributed by atoms with van der Waals surface area (Å²) in [4.78, 5) is 22.0. The molecule has 0 aliphatic carbocycles. The molecule has 1 aromatic carbocycles. The molecule has 23 heavy (non-hydrogen) atoms. The molecule has 0 saturated carbocycles. The predicted octanol–water partition coefficient (Wildman–Crippen LogP) is 0.681. The molecule has 4 atom stereocenters. The van der Waals surface area contributed by atoms with Gasteiger partial charge in [0, 0.05) is 0 Å². The summed E-state index contributed by atoms with van der Waals surface area (Å²) in [5.74, 6) is 0. The minimum Gasteiger partial charge on any atom is -0.443 e. The summed E-state index contributed by atoms with van der Waals surface area (Å²) in [6, 6.07) is 8.39. The molecular formula is C15H20N2O6. The fourth-order valence-corrected chi connectivity index (χ4v) is 2.14. The Morgan fingerprint density at radius 2 is 2.04 bits per heavy atom. The maximum absolute atomic E-state index is 12.2. The van der Waals surface area contributed by atoms with Crippen LogP contribution in [0.5, 0.6) is 0 Å². The third-order valence-corrected chi connectivity index (χ3v) is 3.48. The van der Waals surface area contributed by atoms with Crippen molar-refractivity contribution in [1.82, 2.24) is 5.06 Å². The second-order valence-corrected chi connectivity index (χ2v) is 5.09. The van der Waals surface area contributed by atoms with E-state index in [0.29, 0.717) is 0 Å². The highest BCUT2D eigenvalue weighted by Gasteiger charge is 2.43. The van der Waals surface area contributed by atoms with Gasteiger partial charge in [-0.2, -0.15) is 5.06 Å². The summed E-state index contributed by atoms with van der Waals surface area (Å²) < 4.78 is 5.17. The molecule has 1 aliphatic heterocycles. The van der Waals surface area contributed by atoms with Gasteiger partial charge in [-0.3, -0.25) is 4.84 Å². The van der Waals surface area contributed by atoms with Crippen LogP contribution in [-0.4, -0.2) is 59.0 Å². The third kappa shape index (κ3) is 4.19. The number of carbonyl (C=O) groups is 1. The molecule has 0 spiro atoms. The van der Waals surface area contributed by atoms with Crippen LogP contribution in [0.15, 0.2) is 35.5 Å². The number of aliphatic hydroxyl groups excluding tert-OH is 2. The highest BCUT2D eigenvalue weighted by Crippen LogP contribution is 2.22. The SMILES string of the molecule is CO/N=C/[C@@H]1ON(C(=O)OCc2ccccc2)[C@H](C)[C@@H](O)[C@H]1O. The molecule has 1 fully saturated rings. The van der Waals surface area contributed by atoms with E-state index in [0.717, 1.165) is 16.8 Å². The van der Waals surface area contributed by atoms with E-state index in [4.69, 9.17) is 9.57 Å². The van der Waals surface area contributed by atoms with Gasteiger partial charge in [-0.05, 0) is 12.5 Å². The first kappa shape index (κ1) is 17.2. The van der Waals surface area contributed by atoms with Crippen molar-refractivity contribution in [2.24, 2.45) is 5.16 Å². The monoisotopic (exact) mass is 324 g/mol. The molecule has 0 aromatic heterocycles. The number of benzene rings is 1. The van der Waals surface area contributed by atoms with Gasteiger partial charge in [-0.1, -0.05) is 35.5 Å². The molecule has 0 bridgehead atoms. The molecule has 1 aromatic rings. The number of carbonyl (C=O) groups excluding carboxylic acids is 1. The average molecular weight is 324 g/mol. The lowest BCUT2D eigenvalue weighted by molar-refractivity contribution is -0.264. The molecule has 126 valence electrons. The fourth-order valence-electron chi connectivity index (χ4n) is 2.14. The minimum absolute atomic E-state index is 0.0712. The van der Waals surface area contributed by atoms with Gasteiger partial charge in [0.05, 0.1) is 12.3 Å². The number of rotatable bonds is 4. The highest BCUT2D eigenvalue weighted by molar-refractivity contribution is 5.69. The zero-order chi connectivity index (χ0) is 16.8. The van der Waals surface area contributed by atoms with Crippen LogP contribution in [-0.2, 0) is 21.0 Å². The van der Waals surface area contributed by atoms with Gasteiger partial charge in [-0.25, -0.2) is 4.79 Å². The van der Waals surface area contributed by atoms with Gasteiger partial charge in [0.25, 0.3) is 0 Å². The van der Waals surface area contributed by atoms with E-state index in [-0.39, 0.29) is 6.61 Å². The Hall–Kier alpha value is -2.16. The Balaban J connectivity index is 2.01. The number of nitrogens with zero attached hydrogens (tertiary/aromatic N) is 2. The topological polar surface area (TPSA) is 101 Å². The summed E-state index contributed by atoms with van der Waals surface area (Å²) >= 11 is 0. The Morgan fingerprint density at radius 3 is 2.70 bits per heavy atom. The smallest absolute Gasteiger partial charge is 0.434 e. The molecule has 0 unspecified atom stereocenters. The molecule has 1 heterocycles. The molecular weight excluding hydrogens is 304 g/mol. The molecule has 2 rings (SSSR count). The van der Waals surface area contributed by atoms with Crippen LogP contribution < -0.4 is 0 Å². The summed E-state index contributed by atoms with van der Waals surface area (Å²) in [6.45, 7) is 1.61. The van der Waals surface area contributed by atoms with Gasteiger partial charge in [0.1, 0.15) is 25.9 Å². The number of hydrogen-bond acceptors (Lipinski definition) is 7. The number of oxime groups is 1. The van der Waals surface area contributed by atoms with Crippen molar-refractivity contribution in [2.45, 2.75) is 37.9 Å². The Morgan fingerprint density at radius 1 is 1.35 bits per heavy atom. The normalized spacial score (nSPS) is 27.9. The average Bonchev–Trinajstić information content (AvgIpc) is 2.58. The number of hydrogen-bond donors (Lipinski definition) is 2. The highest BCUT2D eigenvalue weighted by atomic mass is 16.7. The van der Waals surface area contributed by atoms with E-state index in [1.54, 1.807) is 6.92 Å². The third-order valence-electron chi connectivity index (χ3n) is 3.48. The first-order valence-electron chi connectivity index (χ1n) is 7.14. The van der Waals surface area contributed by atoms with E-state index in [2.05, 4.69) is 9.99 Å². The lowest BCUT2D eigenvalue weighted by Crippen LogP contribution is -2.60. The second-order valence-electron chi connectivity index (χ2n) is 5.09. The standard InChI is InChI=1S/C15H20N2O6/c1-10-13(18)14(19)12(8-16-21-2)23-17(10)15(20)22-9-11-6-4-3-5-7-11/h3-8,10,12-14,18-19H,9H2,1-2H3/b16-8+/t10-,12+,13-,14+/m1/s1. The van der Waals surface area contributed by atoms with E-state index in [9.17, 15) is 15.0 Å². The second kappa shape index (κ2) is 7.91. The van der Waals surface area contributed by atoms with E-state index >= 15 is 0 Å². The van der Waals surface area contributed by atoms with E-state index < -0.39 is 30.4 Å². The summed E-state index contributed by atoms with van der Waals surface area (Å²) in [7, 11) is 1.33. The first-order chi connectivity index (χ1) is 11.0. The Labute approximate surface area is 133 Å². The number of amides is 1. The Bertz CT molecular complexity index is 538. The van der Waals surface area contributed by atoms with Crippen molar-refractivity contribution >= 4 is 12.3 Å². The van der Waals surface area contributed by atoms with Crippen LogP contribution in [0.25, 0.3) is 0 Å². The maximum atomic E-state index is 12.2. The van der Waals surface area contributed by atoms with Crippen molar-refractivity contribution in [3.05, 3.63) is 35.9 Å². The summed E-state index contributed by atoms with van der Waals surface area (Å²) in [5.41, 5.74) is 0.823. The van der Waals surface area contributed by atoms with Crippen molar-refractivity contribution in [2.75, 3.05) is 7.11 Å². The van der Waals surface area contributed by atoms with Crippen LogP contribution in [0.1, 0.15) is 12.5 Å². The lowest BCUT2D eigenvalue weighted by Gasteiger charge is -2.40. The molecule has 1 aliphatic rings. The minimum atomic E-state index is -1.23. The molecule has 1 amide bonds.